The van der Waals surface area contributed by atoms with E-state index in [4.69, 9.17) is 14.2 Å². The molecule has 0 spiro atoms. The largest absolute Gasteiger partial charge is 0.497 e. The molecule has 8 nitrogen and oxygen atoms in total. The van der Waals surface area contributed by atoms with Crippen LogP contribution in [0.2, 0.25) is 0 Å². The summed E-state index contributed by atoms with van der Waals surface area (Å²) in [5, 5.41) is 2.86. The van der Waals surface area contributed by atoms with Crippen LogP contribution in [0.25, 0.3) is 0 Å². The number of carbonyl (C=O) groups excluding carboxylic acids is 2. The Labute approximate surface area is 181 Å². The molecule has 0 aliphatic carbocycles. The lowest BCUT2D eigenvalue weighted by Crippen LogP contribution is -2.45. The molecule has 4 rings (SSSR count). The van der Waals surface area contributed by atoms with Gasteiger partial charge in [0.1, 0.15) is 11.3 Å². The summed E-state index contributed by atoms with van der Waals surface area (Å²) in [5.41, 5.74) is 1.85. The molecule has 0 saturated carbocycles. The van der Waals surface area contributed by atoms with Gasteiger partial charge in [0, 0.05) is 13.1 Å². The van der Waals surface area contributed by atoms with E-state index >= 15 is 0 Å². The minimum absolute atomic E-state index is 0.220. The highest BCUT2D eigenvalue weighted by atomic mass is 16.5. The average molecular weight is 425 g/mol. The van der Waals surface area contributed by atoms with Crippen molar-refractivity contribution in [2.75, 3.05) is 34.5 Å². The molecular weight excluding hydrogens is 398 g/mol. The van der Waals surface area contributed by atoms with Crippen molar-refractivity contribution in [3.63, 3.8) is 0 Å². The van der Waals surface area contributed by atoms with Crippen LogP contribution in [-0.4, -0.2) is 56.3 Å². The molecule has 1 fully saturated rings. The fourth-order valence-corrected chi connectivity index (χ4v) is 4.22. The van der Waals surface area contributed by atoms with Crippen LogP contribution in [0.3, 0.4) is 0 Å². The van der Waals surface area contributed by atoms with Gasteiger partial charge in [-0.15, -0.1) is 0 Å². The normalized spacial score (nSPS) is 21.0. The topological polar surface area (TPSA) is 80.3 Å². The van der Waals surface area contributed by atoms with Crippen molar-refractivity contribution in [2.24, 2.45) is 0 Å². The van der Waals surface area contributed by atoms with Gasteiger partial charge < -0.3 is 19.5 Å². The Morgan fingerprint density at radius 3 is 2.39 bits per heavy atom. The molecule has 0 radical (unpaired) electrons. The zero-order chi connectivity index (χ0) is 22.2. The molecular formula is C23H27N3O5. The van der Waals surface area contributed by atoms with Crippen molar-refractivity contribution >= 4 is 11.9 Å². The first-order chi connectivity index (χ1) is 14.9. The van der Waals surface area contributed by atoms with Crippen LogP contribution in [0.15, 0.2) is 36.4 Å². The van der Waals surface area contributed by atoms with Crippen LogP contribution in [0.4, 0.5) is 4.79 Å². The summed E-state index contributed by atoms with van der Waals surface area (Å²) in [6.07, 6.45) is 0.798. The first-order valence-electron chi connectivity index (χ1n) is 10.1. The third-order valence-corrected chi connectivity index (χ3v) is 6.06. The van der Waals surface area contributed by atoms with Gasteiger partial charge in [-0.25, -0.2) is 9.69 Å². The quantitative estimate of drug-likeness (QED) is 0.717. The predicted octanol–water partition coefficient (Wildman–Crippen LogP) is 2.50. The van der Waals surface area contributed by atoms with E-state index in [1.54, 1.807) is 40.4 Å². The van der Waals surface area contributed by atoms with E-state index in [0.29, 0.717) is 29.4 Å². The number of hydrogen-bond donors (Lipinski definition) is 1. The molecule has 0 aromatic heterocycles. The Hall–Kier alpha value is -3.26. The summed E-state index contributed by atoms with van der Waals surface area (Å²) >= 11 is 0. The second-order valence-electron chi connectivity index (χ2n) is 7.94. The molecule has 2 aliphatic rings. The molecule has 0 bridgehead atoms. The molecule has 2 aromatic carbocycles. The van der Waals surface area contributed by atoms with Gasteiger partial charge in [0.2, 0.25) is 0 Å². The highest BCUT2D eigenvalue weighted by Crippen LogP contribution is 2.34. The predicted molar refractivity (Wildman–Crippen MR) is 114 cm³/mol. The fourth-order valence-electron chi connectivity index (χ4n) is 4.22. The third-order valence-electron chi connectivity index (χ3n) is 6.06. The molecule has 0 unspecified atom stereocenters. The number of methoxy groups -OCH3 is 3. The van der Waals surface area contributed by atoms with Crippen molar-refractivity contribution in [2.45, 2.75) is 25.4 Å². The Morgan fingerprint density at radius 2 is 1.71 bits per heavy atom. The van der Waals surface area contributed by atoms with Gasteiger partial charge in [-0.1, -0.05) is 12.1 Å². The SMILES string of the molecule is COc1cccc([C@]2(C)NC(=O)N(CN3CCc4cc(OC)c(OC)cc4C3)C2=O)c1. The summed E-state index contributed by atoms with van der Waals surface area (Å²) in [4.78, 5) is 29.4. The van der Waals surface area contributed by atoms with Gasteiger partial charge in [0.25, 0.3) is 5.91 Å². The molecule has 1 N–H and O–H groups in total. The molecule has 31 heavy (non-hydrogen) atoms. The highest BCUT2D eigenvalue weighted by Gasteiger charge is 2.49. The monoisotopic (exact) mass is 425 g/mol. The lowest BCUT2D eigenvalue weighted by atomic mass is 9.92. The number of amides is 3. The molecule has 2 heterocycles. The second kappa shape index (κ2) is 8.11. The summed E-state index contributed by atoms with van der Waals surface area (Å²) in [6.45, 7) is 3.29. The van der Waals surface area contributed by atoms with Crippen molar-refractivity contribution < 1.29 is 23.8 Å². The average Bonchev–Trinajstić information content (AvgIpc) is 3.01. The van der Waals surface area contributed by atoms with Gasteiger partial charge in [-0.05, 0) is 54.3 Å². The molecule has 2 aromatic rings. The van der Waals surface area contributed by atoms with Crippen LogP contribution < -0.4 is 19.5 Å². The van der Waals surface area contributed by atoms with Crippen molar-refractivity contribution in [3.05, 3.63) is 53.1 Å². The van der Waals surface area contributed by atoms with E-state index in [1.165, 1.54) is 10.5 Å². The smallest absolute Gasteiger partial charge is 0.326 e. The Morgan fingerprint density at radius 1 is 1.00 bits per heavy atom. The van der Waals surface area contributed by atoms with E-state index in [-0.39, 0.29) is 12.6 Å². The number of fused-ring (bicyclic) bond motifs is 1. The summed E-state index contributed by atoms with van der Waals surface area (Å²) in [5.74, 6) is 1.74. The minimum Gasteiger partial charge on any atom is -0.497 e. The highest BCUT2D eigenvalue weighted by molar-refractivity contribution is 6.07. The lowest BCUT2D eigenvalue weighted by Gasteiger charge is -2.32. The van der Waals surface area contributed by atoms with Gasteiger partial charge in [-0.3, -0.25) is 9.69 Å². The van der Waals surface area contributed by atoms with Gasteiger partial charge >= 0.3 is 6.03 Å². The maximum atomic E-state index is 13.3. The number of rotatable bonds is 6. The lowest BCUT2D eigenvalue weighted by molar-refractivity contribution is -0.132. The summed E-state index contributed by atoms with van der Waals surface area (Å²) in [6, 6.07) is 10.8. The van der Waals surface area contributed by atoms with E-state index in [1.807, 2.05) is 24.3 Å². The number of ether oxygens (including phenoxy) is 3. The van der Waals surface area contributed by atoms with E-state index < -0.39 is 11.6 Å². The van der Waals surface area contributed by atoms with Crippen molar-refractivity contribution in [3.8, 4) is 17.2 Å². The molecule has 3 amide bonds. The molecule has 8 heteroatoms. The standard InChI is InChI=1S/C23H27N3O5/c1-23(17-6-5-7-18(12-17)29-2)21(27)26(22(28)24-23)14-25-9-8-15-10-19(30-3)20(31-4)11-16(15)13-25/h5-7,10-12H,8-9,13-14H2,1-4H3,(H,24,28)/t23-/m0/s1. The number of hydrogen-bond acceptors (Lipinski definition) is 6. The molecule has 1 saturated heterocycles. The van der Waals surface area contributed by atoms with Crippen LogP contribution in [0.5, 0.6) is 17.2 Å². The number of imide groups is 1. The van der Waals surface area contributed by atoms with E-state index in [2.05, 4.69) is 10.2 Å². The molecule has 2 aliphatic heterocycles. The number of benzene rings is 2. The van der Waals surface area contributed by atoms with Crippen LogP contribution in [-0.2, 0) is 23.3 Å². The van der Waals surface area contributed by atoms with Gasteiger partial charge in [0.05, 0.1) is 28.0 Å². The first kappa shape index (κ1) is 21.0. The van der Waals surface area contributed by atoms with Gasteiger partial charge in [0.15, 0.2) is 11.5 Å². The third kappa shape index (κ3) is 3.67. The summed E-state index contributed by atoms with van der Waals surface area (Å²) in [7, 11) is 4.80. The first-order valence-corrected chi connectivity index (χ1v) is 10.1. The van der Waals surface area contributed by atoms with Crippen molar-refractivity contribution in [1.82, 2.24) is 15.1 Å². The van der Waals surface area contributed by atoms with E-state index in [0.717, 1.165) is 18.5 Å². The second-order valence-corrected chi connectivity index (χ2v) is 7.94. The Kier molecular flexibility index (Phi) is 5.49. The van der Waals surface area contributed by atoms with Crippen molar-refractivity contribution in [1.29, 1.82) is 0 Å². The number of nitrogens with zero attached hydrogens (tertiary/aromatic N) is 2. The number of urea groups is 1. The number of carbonyl (C=O) groups is 2. The molecule has 164 valence electrons. The fraction of sp³-hybridized carbons (Fsp3) is 0.391. The summed E-state index contributed by atoms with van der Waals surface area (Å²) < 4.78 is 16.1. The van der Waals surface area contributed by atoms with Crippen LogP contribution in [0.1, 0.15) is 23.6 Å². The zero-order valence-electron chi connectivity index (χ0n) is 18.2. The Balaban J connectivity index is 1.52. The van der Waals surface area contributed by atoms with E-state index in [9.17, 15) is 9.59 Å². The van der Waals surface area contributed by atoms with Gasteiger partial charge in [-0.2, -0.15) is 0 Å². The zero-order valence-corrected chi connectivity index (χ0v) is 18.2. The maximum absolute atomic E-state index is 13.3. The minimum atomic E-state index is -1.13. The maximum Gasteiger partial charge on any atom is 0.326 e. The Bertz CT molecular complexity index is 1020. The van der Waals surface area contributed by atoms with Crippen LogP contribution >= 0.6 is 0 Å². The molecule has 1 atom stereocenters. The van der Waals surface area contributed by atoms with Crippen LogP contribution in [0, 0.1) is 0 Å². The number of nitrogens with one attached hydrogen (secondary N) is 1.